The number of benzene rings is 1. The second-order valence-electron chi connectivity index (χ2n) is 3.40. The van der Waals surface area contributed by atoms with Crippen molar-refractivity contribution in [2.45, 2.75) is 0 Å². The number of allylic oxidation sites excluding steroid dienone is 8. The predicted molar refractivity (Wildman–Crippen MR) is 64.9 cm³/mol. The van der Waals surface area contributed by atoms with Crippen LogP contribution in [-0.2, 0) is 0 Å². The van der Waals surface area contributed by atoms with Gasteiger partial charge in [-0.3, -0.25) is 4.79 Å². The van der Waals surface area contributed by atoms with E-state index in [0.29, 0.717) is 5.56 Å². The van der Waals surface area contributed by atoms with E-state index < -0.39 is 0 Å². The van der Waals surface area contributed by atoms with Gasteiger partial charge in [0, 0.05) is 23.8 Å². The summed E-state index contributed by atoms with van der Waals surface area (Å²) in [5.74, 6) is 0.0180. The maximum atomic E-state index is 11.7. The quantitative estimate of drug-likeness (QED) is 0.422. The van der Waals surface area contributed by atoms with Crippen LogP contribution in [0.5, 0.6) is 0 Å². The van der Waals surface area contributed by atoms with Crippen LogP contribution in [0, 0.1) is 6.08 Å². The minimum atomic E-state index is 0.0180. The summed E-state index contributed by atoms with van der Waals surface area (Å²) in [5, 5.41) is 0. The van der Waals surface area contributed by atoms with E-state index in [-0.39, 0.29) is 5.78 Å². The van der Waals surface area contributed by atoms with Crippen molar-refractivity contribution in [2.24, 2.45) is 0 Å². The number of carbonyl (C=O) groups excluding carboxylic acids is 1. The number of carbonyl (C=O) groups is 1. The maximum Gasteiger partial charge on any atom is 0.187 e. The smallest absolute Gasteiger partial charge is 0.187 e. The van der Waals surface area contributed by atoms with Gasteiger partial charge in [0.1, 0.15) is 12.2 Å². The van der Waals surface area contributed by atoms with Crippen molar-refractivity contribution < 1.29 is 4.79 Å². The fourth-order valence-electron chi connectivity index (χ4n) is 1.38. The molecular weight excluding hydrogens is 196 g/mol. The molecule has 1 nitrogen and oxygen atoms in total. The fraction of sp³-hybridized carbons (Fsp3) is 0. The van der Waals surface area contributed by atoms with Crippen LogP contribution < -0.4 is 0 Å². The highest BCUT2D eigenvalue weighted by atomic mass is 16.1. The highest BCUT2D eigenvalue weighted by Crippen LogP contribution is 2.06. The monoisotopic (exact) mass is 207 g/mol. The van der Waals surface area contributed by atoms with Gasteiger partial charge in [0.2, 0.25) is 0 Å². The van der Waals surface area contributed by atoms with E-state index in [1.54, 1.807) is 12.2 Å². The Kier molecular flexibility index (Phi) is 3.22. The molecule has 1 aromatic carbocycles. The van der Waals surface area contributed by atoms with Gasteiger partial charge in [-0.2, -0.15) is 0 Å². The van der Waals surface area contributed by atoms with Crippen LogP contribution in [0.4, 0.5) is 0 Å². The molecule has 0 saturated heterocycles. The topological polar surface area (TPSA) is 17.1 Å². The van der Waals surface area contributed by atoms with Crippen molar-refractivity contribution in [2.75, 3.05) is 0 Å². The molecule has 0 aromatic heterocycles. The lowest BCUT2D eigenvalue weighted by Crippen LogP contribution is -1.93. The Hall–Kier alpha value is -2.24. The Bertz CT molecular complexity index is 487. The molecule has 1 aliphatic rings. The molecule has 0 aliphatic heterocycles. The van der Waals surface area contributed by atoms with Gasteiger partial charge in [0.05, 0.1) is 11.6 Å². The molecule has 2 rings (SSSR count). The zero-order chi connectivity index (χ0) is 11.2. The third-order valence-corrected chi connectivity index (χ3v) is 2.22. The number of hydrogen-bond donors (Lipinski definition) is 0. The molecular formula is C15H11O+. The summed E-state index contributed by atoms with van der Waals surface area (Å²) >= 11 is 0. The second-order valence-corrected chi connectivity index (χ2v) is 3.40. The van der Waals surface area contributed by atoms with E-state index >= 15 is 0 Å². The van der Waals surface area contributed by atoms with Crippen LogP contribution in [-0.4, -0.2) is 5.78 Å². The maximum absolute atomic E-state index is 11.7. The molecule has 0 bridgehead atoms. The number of rotatable bonds is 3. The van der Waals surface area contributed by atoms with Gasteiger partial charge in [-0.05, 0) is 6.08 Å². The molecule has 1 heteroatoms. The zero-order valence-electron chi connectivity index (χ0n) is 8.76. The molecule has 76 valence electrons. The van der Waals surface area contributed by atoms with Gasteiger partial charge in [-0.1, -0.05) is 30.3 Å². The third kappa shape index (κ3) is 2.63. The minimum absolute atomic E-state index is 0.0180. The average Bonchev–Trinajstić information content (AvgIpc) is 2.38. The Morgan fingerprint density at radius 2 is 2.00 bits per heavy atom. The fourth-order valence-corrected chi connectivity index (χ4v) is 1.38. The molecule has 0 N–H and O–H groups in total. The van der Waals surface area contributed by atoms with Crippen molar-refractivity contribution in [3.8, 4) is 0 Å². The molecule has 0 fully saturated rings. The summed E-state index contributed by atoms with van der Waals surface area (Å²) in [6.07, 6.45) is 13.8. The first-order chi connectivity index (χ1) is 7.86. The first-order valence-corrected chi connectivity index (χ1v) is 5.10. The largest absolute Gasteiger partial charge is 0.289 e. The van der Waals surface area contributed by atoms with Crippen molar-refractivity contribution >= 4 is 5.78 Å². The molecule has 0 spiro atoms. The van der Waals surface area contributed by atoms with Crippen LogP contribution in [0.15, 0.2) is 72.4 Å². The van der Waals surface area contributed by atoms with E-state index in [1.165, 1.54) is 0 Å². The summed E-state index contributed by atoms with van der Waals surface area (Å²) in [6.45, 7) is 0. The van der Waals surface area contributed by atoms with Crippen LogP contribution in [0.25, 0.3) is 0 Å². The normalized spacial score (nSPS) is 13.6. The predicted octanol–water partition coefficient (Wildman–Crippen LogP) is 3.28. The molecule has 0 heterocycles. The van der Waals surface area contributed by atoms with Crippen LogP contribution >= 0.6 is 0 Å². The summed E-state index contributed by atoms with van der Waals surface area (Å²) in [6, 6.07) is 9.23. The first kappa shape index (κ1) is 10.3. The summed E-state index contributed by atoms with van der Waals surface area (Å²) < 4.78 is 0. The second kappa shape index (κ2) is 5.01. The minimum Gasteiger partial charge on any atom is -0.289 e. The van der Waals surface area contributed by atoms with Crippen molar-refractivity contribution in [1.29, 1.82) is 0 Å². The standard InChI is InChI=1S/C15H11O/c16-15(14-9-5-2-6-10-14)12-11-13-7-3-1-4-8-13/h1-3,5-12H/q+1/b12-11+. The van der Waals surface area contributed by atoms with Crippen LogP contribution in [0.3, 0.4) is 0 Å². The lowest BCUT2D eigenvalue weighted by Gasteiger charge is -1.93. The lowest BCUT2D eigenvalue weighted by atomic mass is 10.1. The average molecular weight is 207 g/mol. The highest BCUT2D eigenvalue weighted by Gasteiger charge is 2.02. The van der Waals surface area contributed by atoms with Gasteiger partial charge >= 0.3 is 0 Å². The molecule has 16 heavy (non-hydrogen) atoms. The Morgan fingerprint density at radius 1 is 1.19 bits per heavy atom. The van der Waals surface area contributed by atoms with Gasteiger partial charge in [-0.15, -0.1) is 0 Å². The molecule has 0 radical (unpaired) electrons. The van der Waals surface area contributed by atoms with Gasteiger partial charge < -0.3 is 0 Å². The Balaban J connectivity index is 2.08. The van der Waals surface area contributed by atoms with E-state index in [9.17, 15) is 4.79 Å². The summed E-state index contributed by atoms with van der Waals surface area (Å²) in [5.41, 5.74) is 1.69. The molecule has 0 saturated carbocycles. The van der Waals surface area contributed by atoms with Gasteiger partial charge in [-0.25, -0.2) is 0 Å². The summed E-state index contributed by atoms with van der Waals surface area (Å²) in [4.78, 5) is 11.7. The Labute approximate surface area is 95.1 Å². The van der Waals surface area contributed by atoms with E-state index in [0.717, 1.165) is 5.57 Å². The lowest BCUT2D eigenvalue weighted by molar-refractivity contribution is 0.104. The summed E-state index contributed by atoms with van der Waals surface area (Å²) in [7, 11) is 0. The first-order valence-electron chi connectivity index (χ1n) is 5.10. The molecule has 1 aliphatic carbocycles. The zero-order valence-corrected chi connectivity index (χ0v) is 8.76. The SMILES string of the molecule is O=C(/C=C/C1=CC=C[C+]=C1)c1ccccc1. The van der Waals surface area contributed by atoms with E-state index in [4.69, 9.17) is 0 Å². The van der Waals surface area contributed by atoms with Crippen molar-refractivity contribution in [1.82, 2.24) is 0 Å². The Morgan fingerprint density at radius 3 is 2.69 bits per heavy atom. The van der Waals surface area contributed by atoms with E-state index in [2.05, 4.69) is 6.08 Å². The van der Waals surface area contributed by atoms with Gasteiger partial charge in [0.15, 0.2) is 5.78 Å². The highest BCUT2D eigenvalue weighted by molar-refractivity contribution is 6.04. The molecule has 0 unspecified atom stereocenters. The molecule has 0 amide bonds. The molecule has 0 atom stereocenters. The number of ketones is 1. The van der Waals surface area contributed by atoms with Crippen LogP contribution in [0.1, 0.15) is 10.4 Å². The van der Waals surface area contributed by atoms with Crippen molar-refractivity contribution in [3.05, 3.63) is 84.0 Å². The molecule has 1 aromatic rings. The van der Waals surface area contributed by atoms with Gasteiger partial charge in [0.25, 0.3) is 0 Å². The third-order valence-electron chi connectivity index (χ3n) is 2.22. The van der Waals surface area contributed by atoms with Crippen LogP contribution in [0.2, 0.25) is 0 Å². The van der Waals surface area contributed by atoms with Crippen molar-refractivity contribution in [3.63, 3.8) is 0 Å². The van der Waals surface area contributed by atoms with E-state index in [1.807, 2.05) is 54.6 Å². The number of hydrogen-bond acceptors (Lipinski definition) is 1.